The lowest BCUT2D eigenvalue weighted by atomic mass is 9.95. The Kier molecular flexibility index (Phi) is 4.02. The Bertz CT molecular complexity index is 906. The monoisotopic (exact) mass is 331 g/mol. The van der Waals surface area contributed by atoms with Gasteiger partial charge in [0.05, 0.1) is 12.7 Å². The highest BCUT2D eigenvalue weighted by Crippen LogP contribution is 2.23. The fraction of sp³-hybridized carbons (Fsp3) is 0.176. The molecule has 5 nitrogen and oxygen atoms in total. The van der Waals surface area contributed by atoms with Gasteiger partial charge in [0.25, 0.3) is 5.91 Å². The van der Waals surface area contributed by atoms with E-state index in [9.17, 15) is 18.7 Å². The third-order valence-corrected chi connectivity index (χ3v) is 3.75. The van der Waals surface area contributed by atoms with E-state index in [-0.39, 0.29) is 12.1 Å². The number of carbonyl (C=O) groups is 1. The Morgan fingerprint density at radius 3 is 2.88 bits per heavy atom. The predicted octanol–water partition coefficient (Wildman–Crippen LogP) is 2.25. The topological polar surface area (TPSA) is 66.6 Å². The van der Waals surface area contributed by atoms with Crippen LogP contribution < -0.4 is 5.32 Å². The second-order valence-electron chi connectivity index (χ2n) is 5.65. The molecule has 2 heterocycles. The lowest BCUT2D eigenvalue weighted by Gasteiger charge is -2.24. The smallest absolute Gasteiger partial charge is 0.270 e. The molecule has 1 unspecified atom stereocenters. The Morgan fingerprint density at radius 2 is 2.12 bits per heavy atom. The highest BCUT2D eigenvalue weighted by atomic mass is 19.1. The van der Waals surface area contributed by atoms with E-state index < -0.39 is 23.1 Å². The molecule has 0 aliphatic rings. The maximum absolute atomic E-state index is 13.8. The number of halogens is 2. The molecule has 2 N–H and O–H groups in total. The zero-order chi connectivity index (χ0) is 17.3. The number of nitrogens with one attached hydrogen (secondary N) is 1. The summed E-state index contributed by atoms with van der Waals surface area (Å²) in [6.45, 7) is 1.10. The first-order valence-electron chi connectivity index (χ1n) is 7.27. The average molecular weight is 331 g/mol. The third-order valence-electron chi connectivity index (χ3n) is 3.75. The van der Waals surface area contributed by atoms with Crippen LogP contribution in [0.15, 0.2) is 48.8 Å². The fourth-order valence-corrected chi connectivity index (χ4v) is 2.46. The first-order valence-corrected chi connectivity index (χ1v) is 7.27. The summed E-state index contributed by atoms with van der Waals surface area (Å²) in [5, 5.41) is 13.0. The number of amides is 1. The number of aromatic nitrogens is 2. The lowest BCUT2D eigenvalue weighted by molar-refractivity contribution is 0.0493. The van der Waals surface area contributed by atoms with Gasteiger partial charge < -0.3 is 10.4 Å². The van der Waals surface area contributed by atoms with E-state index in [0.29, 0.717) is 17.4 Å². The van der Waals surface area contributed by atoms with Crippen LogP contribution in [-0.4, -0.2) is 26.9 Å². The minimum Gasteiger partial charge on any atom is -0.383 e. The van der Waals surface area contributed by atoms with Crippen molar-refractivity contribution in [2.75, 3.05) is 6.54 Å². The molecular formula is C17H15F2N3O2. The summed E-state index contributed by atoms with van der Waals surface area (Å²) < 4.78 is 28.4. The van der Waals surface area contributed by atoms with Crippen LogP contribution in [0.4, 0.5) is 8.78 Å². The maximum atomic E-state index is 13.8. The van der Waals surface area contributed by atoms with Gasteiger partial charge in [0, 0.05) is 17.8 Å². The lowest BCUT2D eigenvalue weighted by Crippen LogP contribution is -2.39. The predicted molar refractivity (Wildman–Crippen MR) is 83.5 cm³/mol. The number of imidazole rings is 1. The summed E-state index contributed by atoms with van der Waals surface area (Å²) >= 11 is 0. The van der Waals surface area contributed by atoms with Crippen LogP contribution in [0, 0.1) is 11.6 Å². The molecule has 24 heavy (non-hydrogen) atoms. The van der Waals surface area contributed by atoms with Gasteiger partial charge in [-0.1, -0.05) is 12.1 Å². The van der Waals surface area contributed by atoms with Crippen molar-refractivity contribution in [3.8, 4) is 0 Å². The van der Waals surface area contributed by atoms with Gasteiger partial charge in [-0.05, 0) is 25.1 Å². The van der Waals surface area contributed by atoms with Crippen LogP contribution in [-0.2, 0) is 5.60 Å². The van der Waals surface area contributed by atoms with Crippen molar-refractivity contribution in [3.05, 3.63) is 71.7 Å². The van der Waals surface area contributed by atoms with Gasteiger partial charge >= 0.3 is 0 Å². The van der Waals surface area contributed by atoms with E-state index in [1.54, 1.807) is 28.8 Å². The van der Waals surface area contributed by atoms with Crippen LogP contribution in [0.1, 0.15) is 23.0 Å². The Hall–Kier alpha value is -2.80. The van der Waals surface area contributed by atoms with Gasteiger partial charge in [0.1, 0.15) is 28.6 Å². The van der Waals surface area contributed by atoms with Crippen molar-refractivity contribution >= 4 is 11.6 Å². The van der Waals surface area contributed by atoms with Gasteiger partial charge in [-0.25, -0.2) is 13.8 Å². The Morgan fingerprint density at radius 1 is 1.33 bits per heavy atom. The SMILES string of the molecule is CC(O)(CNC(=O)c1cnc2ccccn12)c1ccc(F)cc1F. The fourth-order valence-electron chi connectivity index (χ4n) is 2.46. The van der Waals surface area contributed by atoms with Crippen molar-refractivity contribution in [1.29, 1.82) is 0 Å². The zero-order valence-electron chi connectivity index (χ0n) is 12.8. The van der Waals surface area contributed by atoms with E-state index in [1.165, 1.54) is 13.1 Å². The standard InChI is InChI=1S/C17H15F2N3O2/c1-17(24,12-6-5-11(18)8-13(12)19)10-21-16(23)14-9-20-15-4-2-3-7-22(14)15/h2-9,24H,10H2,1H3,(H,21,23). The summed E-state index contributed by atoms with van der Waals surface area (Å²) in [6.07, 6.45) is 3.10. The second kappa shape index (κ2) is 6.01. The van der Waals surface area contributed by atoms with Crippen LogP contribution >= 0.6 is 0 Å². The molecule has 0 saturated carbocycles. The van der Waals surface area contributed by atoms with E-state index in [0.717, 1.165) is 12.1 Å². The Balaban J connectivity index is 1.78. The van der Waals surface area contributed by atoms with E-state index in [4.69, 9.17) is 0 Å². The van der Waals surface area contributed by atoms with Crippen molar-refractivity contribution in [2.24, 2.45) is 0 Å². The van der Waals surface area contributed by atoms with E-state index >= 15 is 0 Å². The number of hydrogen-bond donors (Lipinski definition) is 2. The van der Waals surface area contributed by atoms with Crippen molar-refractivity contribution in [2.45, 2.75) is 12.5 Å². The number of pyridine rings is 1. The summed E-state index contributed by atoms with van der Waals surface area (Å²) in [6, 6.07) is 8.21. The number of fused-ring (bicyclic) bond motifs is 1. The van der Waals surface area contributed by atoms with Gasteiger partial charge in [-0.2, -0.15) is 0 Å². The average Bonchev–Trinajstić information content (AvgIpc) is 2.96. The summed E-state index contributed by atoms with van der Waals surface area (Å²) in [7, 11) is 0. The molecule has 0 aliphatic heterocycles. The van der Waals surface area contributed by atoms with Crippen LogP contribution in [0.25, 0.3) is 5.65 Å². The van der Waals surface area contributed by atoms with E-state index in [1.807, 2.05) is 0 Å². The molecular weight excluding hydrogens is 316 g/mol. The molecule has 0 radical (unpaired) electrons. The third kappa shape index (κ3) is 2.98. The normalized spacial score (nSPS) is 13.7. The number of aliphatic hydroxyl groups is 1. The van der Waals surface area contributed by atoms with Gasteiger partial charge in [-0.3, -0.25) is 9.20 Å². The largest absolute Gasteiger partial charge is 0.383 e. The molecule has 1 atom stereocenters. The minimum atomic E-state index is -1.69. The van der Waals surface area contributed by atoms with Crippen molar-refractivity contribution in [3.63, 3.8) is 0 Å². The van der Waals surface area contributed by atoms with Crippen LogP contribution in [0.2, 0.25) is 0 Å². The minimum absolute atomic E-state index is 0.0951. The number of carbonyl (C=O) groups excluding carboxylic acids is 1. The number of rotatable bonds is 4. The second-order valence-corrected chi connectivity index (χ2v) is 5.65. The zero-order valence-corrected chi connectivity index (χ0v) is 12.8. The van der Waals surface area contributed by atoms with Gasteiger partial charge in [-0.15, -0.1) is 0 Å². The molecule has 3 aromatic rings. The summed E-state index contributed by atoms with van der Waals surface area (Å²) in [5.41, 5.74) is -0.879. The molecule has 124 valence electrons. The molecule has 3 rings (SSSR count). The quantitative estimate of drug-likeness (QED) is 0.771. The van der Waals surface area contributed by atoms with Gasteiger partial charge in [0.15, 0.2) is 0 Å². The Labute approximate surface area is 136 Å². The number of nitrogens with zero attached hydrogens (tertiary/aromatic N) is 2. The molecule has 7 heteroatoms. The molecule has 1 amide bonds. The maximum Gasteiger partial charge on any atom is 0.270 e. The van der Waals surface area contributed by atoms with Crippen molar-refractivity contribution < 1.29 is 18.7 Å². The van der Waals surface area contributed by atoms with Gasteiger partial charge in [0.2, 0.25) is 0 Å². The summed E-state index contributed by atoms with van der Waals surface area (Å²) in [5.74, 6) is -2.07. The molecule has 0 bridgehead atoms. The summed E-state index contributed by atoms with van der Waals surface area (Å²) in [4.78, 5) is 16.4. The van der Waals surface area contributed by atoms with Crippen LogP contribution in [0.3, 0.4) is 0 Å². The highest BCUT2D eigenvalue weighted by Gasteiger charge is 2.28. The van der Waals surface area contributed by atoms with Crippen molar-refractivity contribution in [1.82, 2.24) is 14.7 Å². The van der Waals surface area contributed by atoms with E-state index in [2.05, 4.69) is 10.3 Å². The highest BCUT2D eigenvalue weighted by molar-refractivity contribution is 5.93. The molecule has 0 fully saturated rings. The molecule has 0 saturated heterocycles. The number of hydrogen-bond acceptors (Lipinski definition) is 3. The first kappa shape index (κ1) is 16.1. The molecule has 1 aromatic carbocycles. The first-order chi connectivity index (χ1) is 11.4. The molecule has 0 spiro atoms. The number of benzene rings is 1. The molecule has 2 aromatic heterocycles. The molecule has 0 aliphatic carbocycles. The van der Waals surface area contributed by atoms with Crippen LogP contribution in [0.5, 0.6) is 0 Å².